The molecule has 0 bridgehead atoms. The van der Waals surface area contributed by atoms with E-state index in [9.17, 15) is 0 Å². The molecule has 5 heteroatoms. The van der Waals surface area contributed by atoms with Crippen molar-refractivity contribution in [2.75, 3.05) is 7.11 Å². The fraction of sp³-hybridized carbons (Fsp3) is 0.111. The van der Waals surface area contributed by atoms with Crippen LogP contribution in [0.2, 0.25) is 10.0 Å². The van der Waals surface area contributed by atoms with Crippen molar-refractivity contribution in [1.82, 2.24) is 9.97 Å². The third-order valence-corrected chi connectivity index (χ3v) is 4.75. The minimum atomic E-state index is -0.763. The molecule has 0 spiro atoms. The Balaban J connectivity index is 2.09. The molecule has 1 aliphatic rings. The highest BCUT2D eigenvalue weighted by Crippen LogP contribution is 2.52. The first-order chi connectivity index (χ1) is 11.2. The lowest BCUT2D eigenvalue weighted by molar-refractivity contribution is 0.0620. The van der Waals surface area contributed by atoms with Gasteiger partial charge in [-0.2, -0.15) is 0 Å². The van der Waals surface area contributed by atoms with Crippen molar-refractivity contribution in [1.29, 1.82) is 0 Å². The number of rotatable bonds is 2. The topological polar surface area (TPSA) is 35.0 Å². The van der Waals surface area contributed by atoms with Gasteiger partial charge in [-0.15, -0.1) is 0 Å². The second kappa shape index (κ2) is 5.31. The van der Waals surface area contributed by atoms with Gasteiger partial charge in [0.05, 0.1) is 5.69 Å². The standard InChI is InChI=1S/C18H12Cl2N2O/c1-23-18(11-2-4-12(19)5-3-11)15-7-6-13(20)8-14(15)17-16(18)9-21-10-22-17/h2-10H,1H3. The number of fused-ring (bicyclic) bond motifs is 3. The van der Waals surface area contributed by atoms with Gasteiger partial charge in [-0.3, -0.25) is 0 Å². The van der Waals surface area contributed by atoms with Crippen LogP contribution >= 0.6 is 23.2 Å². The van der Waals surface area contributed by atoms with Crippen molar-refractivity contribution < 1.29 is 4.74 Å². The Kier molecular flexibility index (Phi) is 3.38. The molecule has 4 rings (SSSR count). The monoisotopic (exact) mass is 342 g/mol. The van der Waals surface area contributed by atoms with E-state index in [2.05, 4.69) is 9.97 Å². The molecule has 1 unspecified atom stereocenters. The number of methoxy groups -OCH3 is 1. The Hall–Kier alpha value is -1.94. The van der Waals surface area contributed by atoms with Crippen LogP contribution in [0.3, 0.4) is 0 Å². The number of aromatic nitrogens is 2. The van der Waals surface area contributed by atoms with Crippen molar-refractivity contribution >= 4 is 23.2 Å². The Bertz CT molecular complexity index is 896. The molecule has 23 heavy (non-hydrogen) atoms. The largest absolute Gasteiger partial charge is 0.364 e. The summed E-state index contributed by atoms with van der Waals surface area (Å²) in [6, 6.07) is 13.4. The highest BCUT2D eigenvalue weighted by Gasteiger charge is 2.46. The number of ether oxygens (including phenoxy) is 1. The van der Waals surface area contributed by atoms with Gasteiger partial charge in [-0.05, 0) is 29.8 Å². The first kappa shape index (κ1) is 14.6. The van der Waals surface area contributed by atoms with Gasteiger partial charge in [-0.1, -0.05) is 41.4 Å². The molecule has 1 aromatic heterocycles. The van der Waals surface area contributed by atoms with E-state index in [1.54, 1.807) is 13.3 Å². The zero-order valence-electron chi connectivity index (χ0n) is 12.3. The molecule has 0 amide bonds. The molecule has 114 valence electrons. The summed E-state index contributed by atoms with van der Waals surface area (Å²) in [6.07, 6.45) is 3.34. The number of hydrogen-bond donors (Lipinski definition) is 0. The summed E-state index contributed by atoms with van der Waals surface area (Å²) in [6.45, 7) is 0. The molecule has 0 saturated heterocycles. The van der Waals surface area contributed by atoms with Crippen LogP contribution in [-0.4, -0.2) is 17.1 Å². The maximum Gasteiger partial charge on any atom is 0.147 e. The van der Waals surface area contributed by atoms with Crippen molar-refractivity contribution in [3.8, 4) is 11.3 Å². The number of hydrogen-bond acceptors (Lipinski definition) is 3. The van der Waals surface area contributed by atoms with Gasteiger partial charge < -0.3 is 4.74 Å². The minimum Gasteiger partial charge on any atom is -0.364 e. The quantitative estimate of drug-likeness (QED) is 0.676. The van der Waals surface area contributed by atoms with E-state index in [0.717, 1.165) is 27.9 Å². The summed E-state index contributed by atoms with van der Waals surface area (Å²) < 4.78 is 6.05. The number of halogens is 2. The average Bonchev–Trinajstić information content (AvgIpc) is 2.86. The first-order valence-electron chi connectivity index (χ1n) is 7.09. The first-order valence-corrected chi connectivity index (χ1v) is 7.84. The molecule has 2 aromatic carbocycles. The third-order valence-electron chi connectivity index (χ3n) is 4.26. The normalized spacial score (nSPS) is 18.6. The van der Waals surface area contributed by atoms with E-state index in [-0.39, 0.29) is 0 Å². The van der Waals surface area contributed by atoms with Crippen molar-refractivity contribution in [2.24, 2.45) is 0 Å². The van der Waals surface area contributed by atoms with Crippen molar-refractivity contribution in [2.45, 2.75) is 5.60 Å². The van der Waals surface area contributed by atoms with E-state index >= 15 is 0 Å². The van der Waals surface area contributed by atoms with E-state index in [4.69, 9.17) is 27.9 Å². The fourth-order valence-electron chi connectivity index (χ4n) is 3.30. The van der Waals surface area contributed by atoms with Crippen LogP contribution in [0.5, 0.6) is 0 Å². The SMILES string of the molecule is COC1(c2ccc(Cl)cc2)c2ccc(Cl)cc2-c2ncncc21. The summed E-state index contributed by atoms with van der Waals surface area (Å²) in [7, 11) is 1.69. The molecule has 3 aromatic rings. The smallest absolute Gasteiger partial charge is 0.147 e. The highest BCUT2D eigenvalue weighted by molar-refractivity contribution is 6.31. The third kappa shape index (κ3) is 2.01. The van der Waals surface area contributed by atoms with Crippen LogP contribution in [-0.2, 0) is 10.3 Å². The summed E-state index contributed by atoms with van der Waals surface area (Å²) in [5, 5.41) is 1.34. The molecular formula is C18H12Cl2N2O. The molecule has 1 atom stereocenters. The van der Waals surface area contributed by atoms with E-state index in [1.165, 1.54) is 6.33 Å². The molecule has 1 aliphatic carbocycles. The van der Waals surface area contributed by atoms with Crippen LogP contribution in [0, 0.1) is 0 Å². The predicted molar refractivity (Wildman–Crippen MR) is 90.8 cm³/mol. The van der Waals surface area contributed by atoms with Gasteiger partial charge in [0.25, 0.3) is 0 Å². The van der Waals surface area contributed by atoms with Crippen LogP contribution in [0.4, 0.5) is 0 Å². The Morgan fingerprint density at radius 3 is 2.43 bits per heavy atom. The van der Waals surface area contributed by atoms with E-state index in [0.29, 0.717) is 10.0 Å². The summed E-state index contributed by atoms with van der Waals surface area (Å²) in [4.78, 5) is 8.65. The van der Waals surface area contributed by atoms with E-state index in [1.807, 2.05) is 42.5 Å². The summed E-state index contributed by atoms with van der Waals surface area (Å²) in [5.74, 6) is 0. The molecule has 0 aliphatic heterocycles. The number of nitrogens with zero attached hydrogens (tertiary/aromatic N) is 2. The predicted octanol–water partition coefficient (Wildman–Crippen LogP) is 4.70. The minimum absolute atomic E-state index is 0.663. The Morgan fingerprint density at radius 1 is 0.957 bits per heavy atom. The summed E-state index contributed by atoms with van der Waals surface area (Å²) in [5.41, 5.74) is 3.92. The van der Waals surface area contributed by atoms with Crippen molar-refractivity contribution in [3.05, 3.63) is 81.7 Å². The van der Waals surface area contributed by atoms with Gasteiger partial charge >= 0.3 is 0 Å². The van der Waals surface area contributed by atoms with Crippen LogP contribution in [0.25, 0.3) is 11.3 Å². The van der Waals surface area contributed by atoms with Crippen LogP contribution < -0.4 is 0 Å². The van der Waals surface area contributed by atoms with Gasteiger partial charge in [0.15, 0.2) is 0 Å². The van der Waals surface area contributed by atoms with Crippen molar-refractivity contribution in [3.63, 3.8) is 0 Å². The van der Waals surface area contributed by atoms with Gasteiger partial charge in [0, 0.05) is 40.0 Å². The Morgan fingerprint density at radius 2 is 1.70 bits per heavy atom. The highest BCUT2D eigenvalue weighted by atomic mass is 35.5. The fourth-order valence-corrected chi connectivity index (χ4v) is 3.60. The average molecular weight is 343 g/mol. The zero-order chi connectivity index (χ0) is 16.0. The molecule has 1 heterocycles. The zero-order valence-corrected chi connectivity index (χ0v) is 13.8. The van der Waals surface area contributed by atoms with Gasteiger partial charge in [0.2, 0.25) is 0 Å². The Labute approximate surface area is 143 Å². The lowest BCUT2D eigenvalue weighted by Crippen LogP contribution is -2.29. The maximum atomic E-state index is 6.19. The second-order valence-electron chi connectivity index (χ2n) is 5.37. The molecule has 0 radical (unpaired) electrons. The second-order valence-corrected chi connectivity index (χ2v) is 6.24. The maximum absolute atomic E-state index is 6.19. The summed E-state index contributed by atoms with van der Waals surface area (Å²) >= 11 is 12.2. The van der Waals surface area contributed by atoms with E-state index < -0.39 is 5.60 Å². The molecule has 0 saturated carbocycles. The van der Waals surface area contributed by atoms with Crippen LogP contribution in [0.15, 0.2) is 55.0 Å². The lowest BCUT2D eigenvalue weighted by Gasteiger charge is -2.30. The van der Waals surface area contributed by atoms with Gasteiger partial charge in [0.1, 0.15) is 11.9 Å². The molecule has 0 N–H and O–H groups in total. The molecular weight excluding hydrogens is 331 g/mol. The van der Waals surface area contributed by atoms with Crippen LogP contribution in [0.1, 0.15) is 16.7 Å². The number of benzene rings is 2. The molecule has 3 nitrogen and oxygen atoms in total. The molecule has 0 fully saturated rings. The van der Waals surface area contributed by atoms with Gasteiger partial charge in [-0.25, -0.2) is 9.97 Å². The lowest BCUT2D eigenvalue weighted by atomic mass is 9.85.